The third-order valence-corrected chi connectivity index (χ3v) is 5.33. The molecule has 0 saturated heterocycles. The van der Waals surface area contributed by atoms with E-state index in [-0.39, 0.29) is 6.61 Å². The van der Waals surface area contributed by atoms with E-state index in [4.69, 9.17) is 4.74 Å². The lowest BCUT2D eigenvalue weighted by molar-refractivity contribution is -0.0327. The van der Waals surface area contributed by atoms with Crippen molar-refractivity contribution in [1.29, 1.82) is 0 Å². The number of rotatable bonds is 18. The molecular formula is C24H42O3. The second kappa shape index (κ2) is 16.1. The minimum Gasteiger partial charge on any atom is -0.393 e. The number of aliphatic hydroxyl groups is 2. The minimum absolute atomic E-state index is 0.130. The molecule has 1 aromatic rings. The van der Waals surface area contributed by atoms with Crippen molar-refractivity contribution >= 4 is 0 Å². The lowest BCUT2D eigenvalue weighted by Crippen LogP contribution is -2.33. The van der Waals surface area contributed by atoms with Crippen LogP contribution in [-0.2, 0) is 11.3 Å². The quantitative estimate of drug-likeness (QED) is 0.307. The van der Waals surface area contributed by atoms with Gasteiger partial charge in [0.25, 0.3) is 0 Å². The Morgan fingerprint density at radius 3 is 1.93 bits per heavy atom. The smallest absolute Gasteiger partial charge is 0.0877 e. The molecule has 0 saturated carbocycles. The van der Waals surface area contributed by atoms with Gasteiger partial charge in [-0.25, -0.2) is 0 Å². The zero-order chi connectivity index (χ0) is 19.6. The first-order chi connectivity index (χ1) is 13.2. The van der Waals surface area contributed by atoms with E-state index in [1.54, 1.807) is 0 Å². The Hall–Kier alpha value is -0.900. The van der Waals surface area contributed by atoms with Crippen LogP contribution in [0.4, 0.5) is 0 Å². The fourth-order valence-corrected chi connectivity index (χ4v) is 3.47. The Kier molecular flexibility index (Phi) is 14.4. The van der Waals surface area contributed by atoms with Gasteiger partial charge in [0.2, 0.25) is 0 Å². The summed E-state index contributed by atoms with van der Waals surface area (Å²) in [4.78, 5) is 0. The van der Waals surface area contributed by atoms with Crippen LogP contribution in [0.3, 0.4) is 0 Å². The van der Waals surface area contributed by atoms with Gasteiger partial charge in [-0.2, -0.15) is 0 Å². The fraction of sp³-hybridized carbons (Fsp3) is 0.750. The normalized spacial score (nSPS) is 13.6. The molecule has 0 aliphatic rings. The fourth-order valence-electron chi connectivity index (χ4n) is 3.47. The van der Waals surface area contributed by atoms with Crippen LogP contribution in [0.1, 0.15) is 96.0 Å². The number of benzene rings is 1. The maximum atomic E-state index is 10.6. The van der Waals surface area contributed by atoms with Crippen molar-refractivity contribution in [3.05, 3.63) is 35.9 Å². The molecule has 1 atom stereocenters. The number of ether oxygens (including phenoxy) is 1. The first-order valence-electron chi connectivity index (χ1n) is 11.1. The average Bonchev–Trinajstić information content (AvgIpc) is 2.70. The molecule has 3 heteroatoms. The van der Waals surface area contributed by atoms with Gasteiger partial charge in [0, 0.05) is 6.61 Å². The summed E-state index contributed by atoms with van der Waals surface area (Å²) in [6, 6.07) is 10.2. The molecule has 27 heavy (non-hydrogen) atoms. The van der Waals surface area contributed by atoms with Gasteiger partial charge in [-0.15, -0.1) is 0 Å². The van der Waals surface area contributed by atoms with Crippen LogP contribution in [0.5, 0.6) is 0 Å². The highest BCUT2D eigenvalue weighted by molar-refractivity contribution is 5.13. The monoisotopic (exact) mass is 378 g/mol. The number of hydrogen-bond donors (Lipinski definition) is 2. The zero-order valence-electron chi connectivity index (χ0n) is 17.5. The van der Waals surface area contributed by atoms with E-state index in [9.17, 15) is 10.2 Å². The molecule has 0 fully saturated rings. The maximum Gasteiger partial charge on any atom is 0.0877 e. The number of unbranched alkanes of at least 4 members (excludes halogenated alkanes) is 9. The molecule has 2 N–H and O–H groups in total. The Labute approximate surface area is 167 Å². The van der Waals surface area contributed by atoms with Crippen molar-refractivity contribution in [3.8, 4) is 0 Å². The van der Waals surface area contributed by atoms with E-state index in [0.29, 0.717) is 26.1 Å². The molecule has 0 spiro atoms. The first-order valence-corrected chi connectivity index (χ1v) is 11.1. The number of aliphatic hydroxyl groups excluding tert-OH is 1. The summed E-state index contributed by atoms with van der Waals surface area (Å²) in [6.07, 6.45) is 14.7. The van der Waals surface area contributed by atoms with Crippen LogP contribution >= 0.6 is 0 Å². The van der Waals surface area contributed by atoms with Gasteiger partial charge in [0.1, 0.15) is 0 Å². The summed E-state index contributed by atoms with van der Waals surface area (Å²) in [5, 5.41) is 20.1. The van der Waals surface area contributed by atoms with Gasteiger partial charge in [-0.1, -0.05) is 95.0 Å². The predicted octanol–water partition coefficient (Wildman–Crippen LogP) is 6.02. The highest BCUT2D eigenvalue weighted by Gasteiger charge is 2.24. The van der Waals surface area contributed by atoms with Crippen LogP contribution in [0, 0.1) is 0 Å². The molecule has 0 bridgehead atoms. The van der Waals surface area contributed by atoms with Crippen LogP contribution in [-0.4, -0.2) is 29.0 Å². The topological polar surface area (TPSA) is 49.7 Å². The summed E-state index contributed by atoms with van der Waals surface area (Å²) in [5.74, 6) is 0. The van der Waals surface area contributed by atoms with Crippen molar-refractivity contribution in [2.24, 2.45) is 0 Å². The Morgan fingerprint density at radius 1 is 0.778 bits per heavy atom. The van der Waals surface area contributed by atoms with E-state index < -0.39 is 5.60 Å². The van der Waals surface area contributed by atoms with Crippen molar-refractivity contribution in [3.63, 3.8) is 0 Å². The lowest BCUT2D eigenvalue weighted by Gasteiger charge is -2.26. The van der Waals surface area contributed by atoms with E-state index in [1.807, 2.05) is 18.2 Å². The summed E-state index contributed by atoms with van der Waals surface area (Å²) in [5.41, 5.74) is 0.287. The molecule has 3 nitrogen and oxygen atoms in total. The third kappa shape index (κ3) is 13.0. The molecule has 0 aliphatic carbocycles. The SMILES string of the molecule is CCCCCCCCCCCC(O)(CO)CCCCOCc1ccccc1. The molecule has 1 aromatic carbocycles. The van der Waals surface area contributed by atoms with Crippen molar-refractivity contribution in [2.45, 2.75) is 103 Å². The van der Waals surface area contributed by atoms with Crippen LogP contribution in [0.25, 0.3) is 0 Å². The standard InChI is InChI=1S/C24H42O3/c1-2-3-4-5-6-7-8-9-13-18-24(26,22-25)19-14-15-20-27-21-23-16-11-10-12-17-23/h10-12,16-17,25-26H,2-9,13-15,18-22H2,1H3. The maximum absolute atomic E-state index is 10.6. The lowest BCUT2D eigenvalue weighted by atomic mass is 9.91. The largest absolute Gasteiger partial charge is 0.393 e. The van der Waals surface area contributed by atoms with Crippen LogP contribution in [0.2, 0.25) is 0 Å². The van der Waals surface area contributed by atoms with Gasteiger partial charge in [0.05, 0.1) is 18.8 Å². The van der Waals surface area contributed by atoms with Crippen molar-refractivity contribution in [2.75, 3.05) is 13.2 Å². The highest BCUT2D eigenvalue weighted by Crippen LogP contribution is 2.22. The molecule has 0 aliphatic heterocycles. The number of hydrogen-bond acceptors (Lipinski definition) is 3. The first kappa shape index (κ1) is 24.1. The van der Waals surface area contributed by atoms with Gasteiger partial charge in [0.15, 0.2) is 0 Å². The molecule has 0 amide bonds. The molecule has 0 aromatic heterocycles. The Balaban J connectivity index is 1.99. The summed E-state index contributed by atoms with van der Waals surface area (Å²) >= 11 is 0. The Morgan fingerprint density at radius 2 is 1.33 bits per heavy atom. The van der Waals surface area contributed by atoms with Crippen LogP contribution in [0.15, 0.2) is 30.3 Å². The second-order valence-corrected chi connectivity index (χ2v) is 7.96. The van der Waals surface area contributed by atoms with Crippen molar-refractivity contribution in [1.82, 2.24) is 0 Å². The van der Waals surface area contributed by atoms with Crippen molar-refractivity contribution < 1.29 is 14.9 Å². The van der Waals surface area contributed by atoms with E-state index >= 15 is 0 Å². The highest BCUT2D eigenvalue weighted by atomic mass is 16.5. The molecule has 156 valence electrons. The zero-order valence-corrected chi connectivity index (χ0v) is 17.5. The third-order valence-electron chi connectivity index (χ3n) is 5.33. The van der Waals surface area contributed by atoms with Gasteiger partial charge >= 0.3 is 0 Å². The van der Waals surface area contributed by atoms with E-state index in [0.717, 1.165) is 25.7 Å². The molecule has 1 unspecified atom stereocenters. The Bertz CT molecular complexity index is 435. The minimum atomic E-state index is -0.902. The summed E-state index contributed by atoms with van der Waals surface area (Å²) in [7, 11) is 0. The van der Waals surface area contributed by atoms with Gasteiger partial charge in [-0.05, 0) is 31.2 Å². The molecule has 0 heterocycles. The summed E-state index contributed by atoms with van der Waals surface area (Å²) in [6.45, 7) is 3.47. The van der Waals surface area contributed by atoms with E-state index in [2.05, 4.69) is 19.1 Å². The van der Waals surface area contributed by atoms with Gasteiger partial charge in [-0.3, -0.25) is 0 Å². The van der Waals surface area contributed by atoms with Gasteiger partial charge < -0.3 is 14.9 Å². The molecule has 1 rings (SSSR count). The van der Waals surface area contributed by atoms with Crippen LogP contribution < -0.4 is 0 Å². The average molecular weight is 379 g/mol. The predicted molar refractivity (Wildman–Crippen MR) is 114 cm³/mol. The molecular weight excluding hydrogens is 336 g/mol. The van der Waals surface area contributed by atoms with E-state index in [1.165, 1.54) is 50.5 Å². The second-order valence-electron chi connectivity index (χ2n) is 7.96. The molecule has 0 radical (unpaired) electrons. The summed E-state index contributed by atoms with van der Waals surface area (Å²) < 4.78 is 5.68.